The van der Waals surface area contributed by atoms with Crippen molar-refractivity contribution in [3.63, 3.8) is 0 Å². The van der Waals surface area contributed by atoms with Crippen LogP contribution in [0.1, 0.15) is 41.9 Å². The molecule has 0 bridgehead atoms. The lowest BCUT2D eigenvalue weighted by atomic mass is 9.97. The van der Waals surface area contributed by atoms with E-state index in [1.165, 1.54) is 5.38 Å². The minimum atomic E-state index is -3.95. The molecular weight excluding hydrogens is 302 g/mol. The standard InChI is InChI=1S/C12H19NO5S2/c1-4-12(3,5-6-14)13-20(17,18)10-8(2)7-19-9(10)11(15)16/h7,13-14H,4-6H2,1-3H3,(H,15,16). The average molecular weight is 321 g/mol. The summed E-state index contributed by atoms with van der Waals surface area (Å²) in [6.45, 7) is 4.90. The smallest absolute Gasteiger partial charge is 0.347 e. The van der Waals surface area contributed by atoms with Crippen LogP contribution in [0.5, 0.6) is 0 Å². The molecule has 0 radical (unpaired) electrons. The monoisotopic (exact) mass is 321 g/mol. The van der Waals surface area contributed by atoms with Gasteiger partial charge in [-0.3, -0.25) is 0 Å². The number of nitrogens with one attached hydrogen (secondary N) is 1. The van der Waals surface area contributed by atoms with Crippen LogP contribution in [0.25, 0.3) is 0 Å². The number of aliphatic hydroxyl groups excluding tert-OH is 1. The Morgan fingerprint density at radius 1 is 1.50 bits per heavy atom. The van der Waals surface area contributed by atoms with Crippen molar-refractivity contribution in [3.05, 3.63) is 15.8 Å². The second-order valence-corrected chi connectivity index (χ2v) is 7.37. The van der Waals surface area contributed by atoms with E-state index in [9.17, 15) is 13.2 Å². The lowest BCUT2D eigenvalue weighted by Gasteiger charge is -2.28. The van der Waals surface area contributed by atoms with Gasteiger partial charge in [-0.25, -0.2) is 17.9 Å². The Bertz CT molecular complexity index is 593. The van der Waals surface area contributed by atoms with E-state index >= 15 is 0 Å². The molecule has 0 amide bonds. The highest BCUT2D eigenvalue weighted by atomic mass is 32.2. The molecule has 0 saturated carbocycles. The maximum atomic E-state index is 12.4. The molecule has 1 atom stereocenters. The molecule has 1 unspecified atom stereocenters. The molecule has 20 heavy (non-hydrogen) atoms. The van der Waals surface area contributed by atoms with Crippen LogP contribution in [-0.4, -0.2) is 36.7 Å². The van der Waals surface area contributed by atoms with Crippen molar-refractivity contribution >= 4 is 27.3 Å². The number of aliphatic hydroxyl groups is 1. The Morgan fingerprint density at radius 2 is 2.10 bits per heavy atom. The van der Waals surface area contributed by atoms with E-state index in [4.69, 9.17) is 10.2 Å². The van der Waals surface area contributed by atoms with Gasteiger partial charge in [0.05, 0.1) is 0 Å². The Balaban J connectivity index is 3.24. The lowest BCUT2D eigenvalue weighted by molar-refractivity contribution is 0.0698. The number of aryl methyl sites for hydroxylation is 1. The second kappa shape index (κ2) is 6.21. The van der Waals surface area contributed by atoms with Crippen LogP contribution in [0.4, 0.5) is 0 Å². The molecule has 6 nitrogen and oxygen atoms in total. The predicted octanol–water partition coefficient (Wildman–Crippen LogP) is 1.58. The fourth-order valence-corrected chi connectivity index (χ4v) is 4.98. The van der Waals surface area contributed by atoms with Crippen molar-refractivity contribution in [1.29, 1.82) is 0 Å². The Kier molecular flexibility index (Phi) is 5.31. The van der Waals surface area contributed by atoms with Crippen molar-refractivity contribution in [1.82, 2.24) is 4.72 Å². The highest BCUT2D eigenvalue weighted by molar-refractivity contribution is 7.89. The normalized spacial score (nSPS) is 15.0. The Morgan fingerprint density at radius 3 is 2.55 bits per heavy atom. The summed E-state index contributed by atoms with van der Waals surface area (Å²) in [4.78, 5) is 10.7. The van der Waals surface area contributed by atoms with E-state index in [-0.39, 0.29) is 22.8 Å². The van der Waals surface area contributed by atoms with E-state index in [1.54, 1.807) is 20.8 Å². The van der Waals surface area contributed by atoms with Crippen LogP contribution in [0.15, 0.2) is 10.3 Å². The first-order valence-corrected chi connectivity index (χ1v) is 8.49. The molecule has 1 aromatic heterocycles. The summed E-state index contributed by atoms with van der Waals surface area (Å²) in [6.07, 6.45) is 0.743. The van der Waals surface area contributed by atoms with Gasteiger partial charge in [0.25, 0.3) is 0 Å². The summed E-state index contributed by atoms with van der Waals surface area (Å²) in [5, 5.41) is 19.6. The summed E-state index contributed by atoms with van der Waals surface area (Å²) < 4.78 is 27.4. The van der Waals surface area contributed by atoms with E-state index in [2.05, 4.69) is 4.72 Å². The maximum absolute atomic E-state index is 12.4. The van der Waals surface area contributed by atoms with Gasteiger partial charge < -0.3 is 10.2 Å². The SMILES string of the molecule is CCC(C)(CCO)NS(=O)(=O)c1c(C)csc1C(=O)O. The number of hydrogen-bond donors (Lipinski definition) is 3. The van der Waals surface area contributed by atoms with Crippen LogP contribution in [0, 0.1) is 6.92 Å². The number of rotatable bonds is 7. The molecule has 0 saturated heterocycles. The summed E-state index contributed by atoms with van der Waals surface area (Å²) in [7, 11) is -3.95. The highest BCUT2D eigenvalue weighted by Gasteiger charge is 2.33. The zero-order chi connectivity index (χ0) is 15.6. The van der Waals surface area contributed by atoms with Crippen LogP contribution >= 0.6 is 11.3 Å². The molecule has 0 aromatic carbocycles. The topological polar surface area (TPSA) is 104 Å². The second-order valence-electron chi connectivity index (χ2n) is 4.88. The van der Waals surface area contributed by atoms with E-state index in [0.717, 1.165) is 11.3 Å². The summed E-state index contributed by atoms with van der Waals surface area (Å²) >= 11 is 0.890. The fraction of sp³-hybridized carbons (Fsp3) is 0.583. The van der Waals surface area contributed by atoms with Crippen LogP contribution < -0.4 is 4.72 Å². The Labute approximate surface area is 122 Å². The molecule has 1 heterocycles. The molecule has 0 aliphatic rings. The Hall–Kier alpha value is -0.960. The number of sulfonamides is 1. The molecule has 0 spiro atoms. The average Bonchev–Trinajstić information content (AvgIpc) is 2.71. The van der Waals surface area contributed by atoms with Crippen molar-refractivity contribution < 1.29 is 23.4 Å². The van der Waals surface area contributed by atoms with Gasteiger partial charge in [0.15, 0.2) is 0 Å². The predicted molar refractivity (Wildman–Crippen MR) is 76.7 cm³/mol. The molecular formula is C12H19NO5S2. The van der Waals surface area contributed by atoms with Gasteiger partial charge in [-0.2, -0.15) is 0 Å². The molecule has 1 aromatic rings. The lowest BCUT2D eigenvalue weighted by Crippen LogP contribution is -2.46. The van der Waals surface area contributed by atoms with Gasteiger partial charge in [-0.05, 0) is 37.6 Å². The van der Waals surface area contributed by atoms with Gasteiger partial charge in [0.1, 0.15) is 9.77 Å². The molecule has 0 aliphatic carbocycles. The van der Waals surface area contributed by atoms with Gasteiger partial charge in [0.2, 0.25) is 10.0 Å². The number of carbonyl (C=O) groups is 1. The van der Waals surface area contributed by atoms with E-state index in [0.29, 0.717) is 12.0 Å². The molecule has 0 fully saturated rings. The number of carboxylic acids is 1. The zero-order valence-corrected chi connectivity index (χ0v) is 13.3. The molecule has 3 N–H and O–H groups in total. The molecule has 8 heteroatoms. The van der Waals surface area contributed by atoms with Crippen LogP contribution in [-0.2, 0) is 10.0 Å². The number of hydrogen-bond acceptors (Lipinski definition) is 5. The van der Waals surface area contributed by atoms with Crippen LogP contribution in [0.2, 0.25) is 0 Å². The summed E-state index contributed by atoms with van der Waals surface area (Å²) in [6, 6.07) is 0. The third-order valence-corrected chi connectivity index (χ3v) is 6.25. The van der Waals surface area contributed by atoms with Crippen molar-refractivity contribution in [2.24, 2.45) is 0 Å². The zero-order valence-electron chi connectivity index (χ0n) is 11.6. The first kappa shape index (κ1) is 17.1. The minimum Gasteiger partial charge on any atom is -0.477 e. The molecule has 0 aliphatic heterocycles. The third-order valence-electron chi connectivity index (χ3n) is 3.21. The maximum Gasteiger partial charge on any atom is 0.347 e. The van der Waals surface area contributed by atoms with Gasteiger partial charge >= 0.3 is 5.97 Å². The van der Waals surface area contributed by atoms with E-state index < -0.39 is 21.5 Å². The summed E-state index contributed by atoms with van der Waals surface area (Å²) in [5.41, 5.74) is -0.403. The highest BCUT2D eigenvalue weighted by Crippen LogP contribution is 2.28. The van der Waals surface area contributed by atoms with Crippen molar-refractivity contribution in [2.75, 3.05) is 6.61 Å². The van der Waals surface area contributed by atoms with Crippen LogP contribution in [0.3, 0.4) is 0 Å². The summed E-state index contributed by atoms with van der Waals surface area (Å²) in [5.74, 6) is -1.26. The first-order valence-electron chi connectivity index (χ1n) is 6.13. The minimum absolute atomic E-state index is 0.152. The van der Waals surface area contributed by atoms with Crippen molar-refractivity contribution in [3.8, 4) is 0 Å². The van der Waals surface area contributed by atoms with Gasteiger partial charge in [-0.15, -0.1) is 11.3 Å². The molecule has 1 rings (SSSR count). The first-order chi connectivity index (χ1) is 9.17. The number of carboxylic acid groups (broad SMARTS) is 1. The molecule has 114 valence electrons. The van der Waals surface area contributed by atoms with Gasteiger partial charge in [-0.1, -0.05) is 6.92 Å². The largest absolute Gasteiger partial charge is 0.477 e. The quantitative estimate of drug-likeness (QED) is 0.707. The van der Waals surface area contributed by atoms with Gasteiger partial charge in [0, 0.05) is 12.1 Å². The number of aromatic carboxylic acids is 1. The third kappa shape index (κ3) is 3.57. The fourth-order valence-electron chi connectivity index (χ4n) is 1.84. The van der Waals surface area contributed by atoms with Crippen molar-refractivity contribution in [2.45, 2.75) is 44.0 Å². The number of thiophene rings is 1. The van der Waals surface area contributed by atoms with E-state index in [1.807, 2.05) is 0 Å².